The van der Waals surface area contributed by atoms with Crippen LogP contribution in [-0.4, -0.2) is 22.4 Å². The predicted molar refractivity (Wildman–Crippen MR) is 91.7 cm³/mol. The highest BCUT2D eigenvalue weighted by Crippen LogP contribution is 2.05. The summed E-state index contributed by atoms with van der Waals surface area (Å²) in [5, 5.41) is 19.7. The van der Waals surface area contributed by atoms with Crippen LogP contribution in [0, 0.1) is 0 Å². The zero-order chi connectivity index (χ0) is 16.3. The van der Waals surface area contributed by atoms with E-state index in [1.54, 1.807) is 12.2 Å². The summed E-state index contributed by atoms with van der Waals surface area (Å²) in [6, 6.07) is 19.5. The molecule has 23 heavy (non-hydrogen) atoms. The average molecular weight is 310 g/mol. The third-order valence-corrected chi connectivity index (χ3v) is 3.33. The van der Waals surface area contributed by atoms with Gasteiger partial charge in [0.1, 0.15) is 0 Å². The summed E-state index contributed by atoms with van der Waals surface area (Å²) in [5.41, 5.74) is 2.14. The number of benzene rings is 2. The van der Waals surface area contributed by atoms with Crippen LogP contribution in [0.5, 0.6) is 0 Å². The smallest absolute Gasteiger partial charge is 0.0887 e. The van der Waals surface area contributed by atoms with E-state index < -0.39 is 12.2 Å². The molecule has 0 amide bonds. The van der Waals surface area contributed by atoms with Crippen LogP contribution in [0.1, 0.15) is 11.1 Å². The molecule has 0 saturated heterocycles. The molecular formula is C20H22O3. The Bertz CT molecular complexity index is 550. The SMILES string of the molecule is OC(C=COC=CC(O)Cc1ccccc1)Cc1ccccc1. The van der Waals surface area contributed by atoms with Gasteiger partial charge >= 0.3 is 0 Å². The molecule has 3 heteroatoms. The summed E-state index contributed by atoms with van der Waals surface area (Å²) in [5.74, 6) is 0. The monoisotopic (exact) mass is 310 g/mol. The van der Waals surface area contributed by atoms with Crippen LogP contribution in [-0.2, 0) is 17.6 Å². The summed E-state index contributed by atoms with van der Waals surface area (Å²) in [7, 11) is 0. The van der Waals surface area contributed by atoms with Crippen LogP contribution < -0.4 is 0 Å². The minimum Gasteiger partial charge on any atom is -0.473 e. The van der Waals surface area contributed by atoms with E-state index in [1.165, 1.54) is 12.5 Å². The molecule has 2 aromatic carbocycles. The lowest BCUT2D eigenvalue weighted by Crippen LogP contribution is -2.07. The van der Waals surface area contributed by atoms with E-state index in [-0.39, 0.29) is 0 Å². The van der Waals surface area contributed by atoms with Crippen molar-refractivity contribution in [1.29, 1.82) is 0 Å². The fourth-order valence-electron chi connectivity index (χ4n) is 2.16. The molecule has 0 saturated carbocycles. The molecular weight excluding hydrogens is 288 g/mol. The van der Waals surface area contributed by atoms with E-state index in [4.69, 9.17) is 4.74 Å². The number of ether oxygens (including phenoxy) is 1. The summed E-state index contributed by atoms with van der Waals surface area (Å²) >= 11 is 0. The van der Waals surface area contributed by atoms with Gasteiger partial charge in [0.2, 0.25) is 0 Å². The van der Waals surface area contributed by atoms with Gasteiger partial charge in [-0.3, -0.25) is 0 Å². The van der Waals surface area contributed by atoms with Crippen molar-refractivity contribution >= 4 is 0 Å². The largest absolute Gasteiger partial charge is 0.473 e. The zero-order valence-corrected chi connectivity index (χ0v) is 13.0. The molecule has 0 radical (unpaired) electrons. The van der Waals surface area contributed by atoms with Gasteiger partial charge in [0.25, 0.3) is 0 Å². The van der Waals surface area contributed by atoms with Crippen molar-refractivity contribution in [2.45, 2.75) is 25.0 Å². The van der Waals surface area contributed by atoms with Gasteiger partial charge in [-0.25, -0.2) is 0 Å². The topological polar surface area (TPSA) is 49.7 Å². The van der Waals surface area contributed by atoms with Gasteiger partial charge in [-0.1, -0.05) is 60.7 Å². The van der Waals surface area contributed by atoms with Crippen molar-refractivity contribution in [2.24, 2.45) is 0 Å². The van der Waals surface area contributed by atoms with Crippen LogP contribution in [0.4, 0.5) is 0 Å². The molecule has 2 N–H and O–H groups in total. The van der Waals surface area contributed by atoms with E-state index in [2.05, 4.69) is 0 Å². The molecule has 2 atom stereocenters. The fraction of sp³-hybridized carbons (Fsp3) is 0.200. The van der Waals surface area contributed by atoms with Gasteiger partial charge in [-0.05, 0) is 23.3 Å². The summed E-state index contributed by atoms with van der Waals surface area (Å²) in [4.78, 5) is 0. The van der Waals surface area contributed by atoms with Gasteiger partial charge in [-0.15, -0.1) is 0 Å². The molecule has 0 fully saturated rings. The van der Waals surface area contributed by atoms with Gasteiger partial charge in [0.05, 0.1) is 24.7 Å². The van der Waals surface area contributed by atoms with Crippen molar-refractivity contribution < 1.29 is 14.9 Å². The average Bonchev–Trinajstić information content (AvgIpc) is 2.56. The lowest BCUT2D eigenvalue weighted by atomic mass is 10.1. The molecule has 0 heterocycles. The zero-order valence-electron chi connectivity index (χ0n) is 13.0. The maximum Gasteiger partial charge on any atom is 0.0887 e. The van der Waals surface area contributed by atoms with Crippen molar-refractivity contribution in [2.75, 3.05) is 0 Å². The van der Waals surface area contributed by atoms with Crippen molar-refractivity contribution in [1.82, 2.24) is 0 Å². The van der Waals surface area contributed by atoms with Crippen LogP contribution in [0.15, 0.2) is 85.3 Å². The maximum absolute atomic E-state index is 9.87. The molecule has 2 aromatic rings. The lowest BCUT2D eigenvalue weighted by molar-refractivity contribution is 0.215. The summed E-state index contributed by atoms with van der Waals surface area (Å²) in [6.45, 7) is 0. The van der Waals surface area contributed by atoms with E-state index in [9.17, 15) is 10.2 Å². The molecule has 120 valence electrons. The molecule has 3 nitrogen and oxygen atoms in total. The Labute approximate surface area is 137 Å². The first kappa shape index (κ1) is 17.0. The third kappa shape index (κ3) is 6.96. The molecule has 0 aliphatic carbocycles. The second-order valence-corrected chi connectivity index (χ2v) is 5.31. The van der Waals surface area contributed by atoms with Gasteiger partial charge in [0.15, 0.2) is 0 Å². The Hall–Kier alpha value is -2.36. The number of aliphatic hydroxyl groups is 2. The second kappa shape index (κ2) is 9.62. The van der Waals surface area contributed by atoms with Gasteiger partial charge in [-0.2, -0.15) is 0 Å². The molecule has 2 rings (SSSR count). The molecule has 0 aliphatic heterocycles. The van der Waals surface area contributed by atoms with Crippen LogP contribution >= 0.6 is 0 Å². The van der Waals surface area contributed by atoms with Gasteiger partial charge < -0.3 is 14.9 Å². The number of aliphatic hydroxyl groups excluding tert-OH is 2. The fourth-order valence-corrected chi connectivity index (χ4v) is 2.16. The summed E-state index contributed by atoms with van der Waals surface area (Å²) in [6.07, 6.45) is 5.92. The molecule has 0 spiro atoms. The van der Waals surface area contributed by atoms with Crippen molar-refractivity contribution in [3.63, 3.8) is 0 Å². The maximum atomic E-state index is 9.87. The Morgan fingerprint density at radius 3 is 1.48 bits per heavy atom. The first-order valence-electron chi connectivity index (χ1n) is 7.67. The molecule has 0 bridgehead atoms. The minimum atomic E-state index is -0.597. The van der Waals surface area contributed by atoms with Crippen LogP contribution in [0.2, 0.25) is 0 Å². The highest BCUT2D eigenvalue weighted by Gasteiger charge is 2.01. The quantitative estimate of drug-likeness (QED) is 0.736. The summed E-state index contributed by atoms with van der Waals surface area (Å²) < 4.78 is 5.17. The van der Waals surface area contributed by atoms with E-state index in [0.717, 1.165) is 11.1 Å². The van der Waals surface area contributed by atoms with Crippen molar-refractivity contribution in [3.05, 3.63) is 96.5 Å². The number of rotatable bonds is 8. The number of hydrogen-bond donors (Lipinski definition) is 2. The predicted octanol–water partition coefficient (Wildman–Crippen LogP) is 3.24. The molecule has 0 aliphatic rings. The highest BCUT2D eigenvalue weighted by atomic mass is 16.5. The third-order valence-electron chi connectivity index (χ3n) is 3.33. The van der Waals surface area contributed by atoms with E-state index in [0.29, 0.717) is 12.8 Å². The van der Waals surface area contributed by atoms with E-state index >= 15 is 0 Å². The normalized spacial score (nSPS) is 14.2. The Morgan fingerprint density at radius 1 is 0.696 bits per heavy atom. The van der Waals surface area contributed by atoms with Gasteiger partial charge in [0, 0.05) is 12.8 Å². The van der Waals surface area contributed by atoms with Crippen LogP contribution in [0.25, 0.3) is 0 Å². The second-order valence-electron chi connectivity index (χ2n) is 5.31. The Morgan fingerprint density at radius 2 is 1.09 bits per heavy atom. The first-order valence-corrected chi connectivity index (χ1v) is 7.67. The Balaban J connectivity index is 1.69. The number of hydrogen-bond acceptors (Lipinski definition) is 3. The highest BCUT2D eigenvalue weighted by molar-refractivity contribution is 5.17. The van der Waals surface area contributed by atoms with Crippen LogP contribution in [0.3, 0.4) is 0 Å². The Kier molecular flexibility index (Phi) is 7.11. The van der Waals surface area contributed by atoms with Crippen molar-refractivity contribution in [3.8, 4) is 0 Å². The van der Waals surface area contributed by atoms with E-state index in [1.807, 2.05) is 60.7 Å². The molecule has 0 aromatic heterocycles. The standard InChI is InChI=1S/C20H22O3/c21-19(15-17-7-3-1-4-8-17)11-13-23-14-12-20(22)16-18-9-5-2-6-10-18/h1-14,19-22H,15-16H2. The lowest BCUT2D eigenvalue weighted by Gasteiger charge is -2.06. The minimum absolute atomic E-state index is 0.543. The molecule has 2 unspecified atom stereocenters. The first-order chi connectivity index (χ1) is 11.2.